The lowest BCUT2D eigenvalue weighted by atomic mass is 10.0. The van der Waals surface area contributed by atoms with Crippen LogP contribution in [0.5, 0.6) is 0 Å². The number of piperidine rings is 1. The summed E-state index contributed by atoms with van der Waals surface area (Å²) < 4.78 is 4.85. The Bertz CT molecular complexity index is 797. The van der Waals surface area contributed by atoms with Crippen molar-refractivity contribution in [3.05, 3.63) is 29.5 Å². The standard InChI is InChI=1S/C19H25N3O3/c1-12-6-7-14-15(9-12)20-18(19(24)25-3)17(14)21-16(23)11-22-8-4-5-13(2)10-22/h6-7,9,13,20H,4-5,8,10-11H2,1-3H3,(H,21,23)/t13-/m1/s1. The summed E-state index contributed by atoms with van der Waals surface area (Å²) in [6, 6.07) is 5.81. The molecule has 2 aromatic rings. The van der Waals surface area contributed by atoms with Gasteiger partial charge in [0, 0.05) is 17.4 Å². The molecule has 134 valence electrons. The number of H-pyrrole nitrogens is 1. The van der Waals surface area contributed by atoms with Gasteiger partial charge >= 0.3 is 5.97 Å². The van der Waals surface area contributed by atoms with Gasteiger partial charge in [0.1, 0.15) is 5.69 Å². The van der Waals surface area contributed by atoms with E-state index in [0.29, 0.717) is 18.2 Å². The summed E-state index contributed by atoms with van der Waals surface area (Å²) in [5.41, 5.74) is 2.66. The molecule has 1 aromatic heterocycles. The van der Waals surface area contributed by atoms with Crippen LogP contribution in [0.25, 0.3) is 10.9 Å². The molecule has 0 bridgehead atoms. The van der Waals surface area contributed by atoms with Gasteiger partial charge in [-0.3, -0.25) is 9.69 Å². The first kappa shape index (κ1) is 17.5. The van der Waals surface area contributed by atoms with Gasteiger partial charge in [-0.2, -0.15) is 0 Å². The van der Waals surface area contributed by atoms with Gasteiger partial charge in [0.2, 0.25) is 5.91 Å². The third kappa shape index (κ3) is 3.85. The van der Waals surface area contributed by atoms with Crippen LogP contribution in [0.15, 0.2) is 18.2 Å². The Morgan fingerprint density at radius 2 is 2.20 bits per heavy atom. The molecule has 2 N–H and O–H groups in total. The second-order valence-corrected chi connectivity index (χ2v) is 6.95. The van der Waals surface area contributed by atoms with Crippen LogP contribution in [0.3, 0.4) is 0 Å². The fourth-order valence-corrected chi connectivity index (χ4v) is 3.51. The highest BCUT2D eigenvalue weighted by Gasteiger charge is 2.23. The van der Waals surface area contributed by atoms with Gasteiger partial charge < -0.3 is 15.0 Å². The minimum absolute atomic E-state index is 0.110. The summed E-state index contributed by atoms with van der Waals surface area (Å²) in [6.45, 7) is 6.40. The van der Waals surface area contributed by atoms with E-state index in [1.807, 2.05) is 25.1 Å². The van der Waals surface area contributed by atoms with Crippen molar-refractivity contribution in [2.24, 2.45) is 5.92 Å². The summed E-state index contributed by atoms with van der Waals surface area (Å²) in [4.78, 5) is 29.9. The van der Waals surface area contributed by atoms with Crippen LogP contribution in [-0.4, -0.2) is 48.5 Å². The molecular formula is C19H25N3O3. The van der Waals surface area contributed by atoms with E-state index < -0.39 is 5.97 Å². The summed E-state index contributed by atoms with van der Waals surface area (Å²) in [7, 11) is 1.33. The maximum absolute atomic E-state index is 12.5. The lowest BCUT2D eigenvalue weighted by Gasteiger charge is -2.30. The van der Waals surface area contributed by atoms with Crippen molar-refractivity contribution < 1.29 is 14.3 Å². The minimum atomic E-state index is -0.490. The maximum Gasteiger partial charge on any atom is 0.356 e. The number of carbonyl (C=O) groups is 2. The number of anilines is 1. The number of benzene rings is 1. The number of nitrogens with one attached hydrogen (secondary N) is 2. The Hall–Kier alpha value is -2.34. The zero-order chi connectivity index (χ0) is 18.0. The molecule has 6 nitrogen and oxygen atoms in total. The predicted molar refractivity (Wildman–Crippen MR) is 97.8 cm³/mol. The molecule has 1 aliphatic rings. The third-order valence-corrected chi connectivity index (χ3v) is 4.72. The first-order chi connectivity index (χ1) is 12.0. The zero-order valence-electron chi connectivity index (χ0n) is 15.0. The molecule has 1 atom stereocenters. The third-order valence-electron chi connectivity index (χ3n) is 4.72. The normalized spacial score (nSPS) is 18.3. The Balaban J connectivity index is 1.83. The van der Waals surface area contributed by atoms with Crippen LogP contribution in [0.2, 0.25) is 0 Å². The summed E-state index contributed by atoms with van der Waals surface area (Å²) in [6.07, 6.45) is 2.33. The zero-order valence-corrected chi connectivity index (χ0v) is 15.0. The number of rotatable bonds is 4. The first-order valence-electron chi connectivity index (χ1n) is 8.70. The highest BCUT2D eigenvalue weighted by molar-refractivity contribution is 6.11. The molecule has 1 fully saturated rings. The maximum atomic E-state index is 12.5. The number of esters is 1. The number of carbonyl (C=O) groups excluding carboxylic acids is 2. The number of ether oxygens (including phenoxy) is 1. The van der Waals surface area contributed by atoms with Crippen LogP contribution >= 0.6 is 0 Å². The van der Waals surface area contributed by atoms with Crippen LogP contribution < -0.4 is 5.32 Å². The van der Waals surface area contributed by atoms with Crippen LogP contribution in [0.4, 0.5) is 5.69 Å². The van der Waals surface area contributed by atoms with Crippen LogP contribution in [0, 0.1) is 12.8 Å². The van der Waals surface area contributed by atoms with Crippen molar-refractivity contribution in [3.8, 4) is 0 Å². The summed E-state index contributed by atoms with van der Waals surface area (Å²) in [5.74, 6) is 0.0136. The molecule has 1 saturated heterocycles. The molecule has 6 heteroatoms. The second kappa shape index (κ2) is 7.27. The van der Waals surface area contributed by atoms with Crippen molar-refractivity contribution in [2.45, 2.75) is 26.7 Å². The SMILES string of the molecule is COC(=O)c1[nH]c2cc(C)ccc2c1NC(=O)CN1CCC[C@@H](C)C1. The quantitative estimate of drug-likeness (QED) is 0.837. The molecule has 25 heavy (non-hydrogen) atoms. The lowest BCUT2D eigenvalue weighted by molar-refractivity contribution is -0.117. The number of amides is 1. The van der Waals surface area contributed by atoms with E-state index in [2.05, 4.69) is 22.1 Å². The van der Waals surface area contributed by atoms with E-state index in [4.69, 9.17) is 4.74 Å². The second-order valence-electron chi connectivity index (χ2n) is 6.95. The van der Waals surface area contributed by atoms with E-state index >= 15 is 0 Å². The molecular weight excluding hydrogens is 318 g/mol. The van der Waals surface area contributed by atoms with Crippen molar-refractivity contribution in [3.63, 3.8) is 0 Å². The van der Waals surface area contributed by atoms with Crippen molar-refractivity contribution >= 4 is 28.5 Å². The molecule has 2 heterocycles. The molecule has 0 aliphatic carbocycles. The first-order valence-corrected chi connectivity index (χ1v) is 8.70. The average Bonchev–Trinajstić information content (AvgIpc) is 2.91. The number of hydrogen-bond acceptors (Lipinski definition) is 4. The van der Waals surface area contributed by atoms with Crippen LogP contribution in [-0.2, 0) is 9.53 Å². The number of nitrogens with zero attached hydrogens (tertiary/aromatic N) is 1. The molecule has 0 spiro atoms. The number of methoxy groups -OCH3 is 1. The van der Waals surface area contributed by atoms with Crippen LogP contribution in [0.1, 0.15) is 35.8 Å². The number of fused-ring (bicyclic) bond motifs is 1. The number of likely N-dealkylation sites (tertiary alicyclic amines) is 1. The van der Waals surface area contributed by atoms with Gasteiger partial charge in [-0.15, -0.1) is 0 Å². The Kier molecular flexibility index (Phi) is 5.08. The van der Waals surface area contributed by atoms with Gasteiger partial charge in [-0.05, 0) is 43.9 Å². The van der Waals surface area contributed by atoms with Crippen molar-refractivity contribution in [1.29, 1.82) is 0 Å². The molecule has 1 aliphatic heterocycles. The Morgan fingerprint density at radius 3 is 2.92 bits per heavy atom. The summed E-state index contributed by atoms with van der Waals surface area (Å²) >= 11 is 0. The summed E-state index contributed by atoms with van der Waals surface area (Å²) in [5, 5.41) is 3.73. The topological polar surface area (TPSA) is 74.4 Å². The highest BCUT2D eigenvalue weighted by Crippen LogP contribution is 2.29. The molecule has 3 rings (SSSR count). The van der Waals surface area contributed by atoms with E-state index in [-0.39, 0.29) is 11.6 Å². The number of hydrogen-bond donors (Lipinski definition) is 2. The number of aryl methyl sites for hydroxylation is 1. The molecule has 0 unspecified atom stereocenters. The lowest BCUT2D eigenvalue weighted by Crippen LogP contribution is -2.39. The van der Waals surface area contributed by atoms with Crippen molar-refractivity contribution in [2.75, 3.05) is 32.1 Å². The number of aromatic nitrogens is 1. The largest absolute Gasteiger partial charge is 0.464 e. The van der Waals surface area contributed by atoms with Gasteiger partial charge in [0.15, 0.2) is 0 Å². The molecule has 0 radical (unpaired) electrons. The molecule has 0 saturated carbocycles. The fourth-order valence-electron chi connectivity index (χ4n) is 3.51. The molecule has 1 amide bonds. The van der Waals surface area contributed by atoms with E-state index in [9.17, 15) is 9.59 Å². The van der Waals surface area contributed by atoms with Gasteiger partial charge in [0.05, 0.1) is 19.3 Å². The fraction of sp³-hybridized carbons (Fsp3) is 0.474. The monoisotopic (exact) mass is 343 g/mol. The molecule has 1 aromatic carbocycles. The predicted octanol–water partition coefficient (Wildman–Crippen LogP) is 2.93. The minimum Gasteiger partial charge on any atom is -0.464 e. The van der Waals surface area contributed by atoms with Gasteiger partial charge in [-0.25, -0.2) is 4.79 Å². The Morgan fingerprint density at radius 1 is 1.40 bits per heavy atom. The Labute approximate surface area is 147 Å². The average molecular weight is 343 g/mol. The van der Waals surface area contributed by atoms with Gasteiger partial charge in [-0.1, -0.05) is 19.1 Å². The highest BCUT2D eigenvalue weighted by atomic mass is 16.5. The van der Waals surface area contributed by atoms with E-state index in [1.165, 1.54) is 13.5 Å². The van der Waals surface area contributed by atoms with Crippen molar-refractivity contribution in [1.82, 2.24) is 9.88 Å². The number of aromatic amines is 1. The smallest absolute Gasteiger partial charge is 0.356 e. The van der Waals surface area contributed by atoms with Gasteiger partial charge in [0.25, 0.3) is 0 Å². The van der Waals surface area contributed by atoms with E-state index in [0.717, 1.165) is 36.0 Å². The van der Waals surface area contributed by atoms with E-state index in [1.54, 1.807) is 0 Å².